The number of fused-ring (bicyclic) bond motifs is 1. The Hall–Kier alpha value is -3.66. The first-order valence-electron chi connectivity index (χ1n) is 13.5. The first kappa shape index (κ1) is 26.0. The summed E-state index contributed by atoms with van der Waals surface area (Å²) < 4.78 is 8.58. The second kappa shape index (κ2) is 11.4. The van der Waals surface area contributed by atoms with Crippen molar-refractivity contribution in [3.05, 3.63) is 47.8 Å². The lowest BCUT2D eigenvalue weighted by Crippen LogP contribution is -2.38. The zero-order valence-electron chi connectivity index (χ0n) is 22.1. The van der Waals surface area contributed by atoms with E-state index in [1.165, 1.54) is 4.90 Å². The van der Waals surface area contributed by atoms with Crippen molar-refractivity contribution in [1.82, 2.24) is 24.3 Å². The topological polar surface area (TPSA) is 113 Å². The van der Waals surface area contributed by atoms with Gasteiger partial charge in [-0.3, -0.25) is 15.1 Å². The number of para-hydroxylation sites is 1. The van der Waals surface area contributed by atoms with E-state index in [2.05, 4.69) is 22.1 Å². The van der Waals surface area contributed by atoms with Gasteiger partial charge in [0.25, 0.3) is 5.91 Å². The van der Waals surface area contributed by atoms with E-state index in [-0.39, 0.29) is 18.1 Å². The van der Waals surface area contributed by atoms with Gasteiger partial charge in [0.05, 0.1) is 11.6 Å². The Bertz CT molecular complexity index is 1300. The van der Waals surface area contributed by atoms with E-state index in [9.17, 15) is 14.7 Å². The van der Waals surface area contributed by atoms with Crippen LogP contribution in [0, 0.1) is 6.92 Å². The highest BCUT2D eigenvalue weighted by Gasteiger charge is 2.29. The number of piperidine rings is 1. The van der Waals surface area contributed by atoms with Gasteiger partial charge in [-0.1, -0.05) is 13.0 Å². The van der Waals surface area contributed by atoms with E-state index in [1.54, 1.807) is 18.3 Å². The molecule has 2 aromatic heterocycles. The fraction of sp³-hybridized carbons (Fsp3) is 0.500. The number of nitrogens with zero attached hydrogens (tertiary/aromatic N) is 5. The quantitative estimate of drug-likeness (QED) is 0.490. The van der Waals surface area contributed by atoms with Gasteiger partial charge in [-0.25, -0.2) is 9.78 Å². The number of carbonyl (C=O) groups excluding carboxylic acids is 1. The molecular weight excluding hydrogens is 484 g/mol. The predicted molar refractivity (Wildman–Crippen MR) is 145 cm³/mol. The van der Waals surface area contributed by atoms with Crippen LogP contribution >= 0.6 is 0 Å². The Labute approximate surface area is 222 Å². The average molecular weight is 521 g/mol. The van der Waals surface area contributed by atoms with Crippen molar-refractivity contribution in [3.63, 3.8) is 0 Å². The van der Waals surface area contributed by atoms with Gasteiger partial charge >= 0.3 is 6.09 Å². The van der Waals surface area contributed by atoms with Crippen molar-refractivity contribution >= 4 is 29.0 Å². The SMILES string of the molecule is CCN1CCC(Oc2cccc3nc(NC(=O)c4ccnc(C)c4)n([C@@H]4CCCCN(C(=O)O)C4)c23)CC1. The molecule has 0 aliphatic carbocycles. The monoisotopic (exact) mass is 520 g/mol. The minimum atomic E-state index is -0.932. The van der Waals surface area contributed by atoms with E-state index in [4.69, 9.17) is 9.72 Å². The van der Waals surface area contributed by atoms with Crippen LogP contribution in [0.4, 0.5) is 10.7 Å². The molecule has 2 aliphatic heterocycles. The number of benzene rings is 1. The molecule has 38 heavy (non-hydrogen) atoms. The lowest BCUT2D eigenvalue weighted by atomic mass is 10.1. The second-order valence-electron chi connectivity index (χ2n) is 10.2. The largest absolute Gasteiger partial charge is 0.488 e. The number of aryl methyl sites for hydroxylation is 1. The molecule has 1 atom stereocenters. The molecule has 0 spiro atoms. The summed E-state index contributed by atoms with van der Waals surface area (Å²) in [6.07, 6.45) is 5.11. The van der Waals surface area contributed by atoms with Crippen LogP contribution in [0.2, 0.25) is 0 Å². The van der Waals surface area contributed by atoms with Crippen LogP contribution in [-0.4, -0.2) is 80.3 Å². The molecule has 2 saturated heterocycles. The standard InChI is InChI=1S/C28H36N6O4/c1-3-32-15-11-22(12-16-32)38-24-9-6-8-23-25(24)34(21-7-4-5-14-33(18-21)28(36)37)27(30-23)31-26(35)20-10-13-29-19(2)17-20/h6,8-10,13,17,21-22H,3-5,7,11-12,14-16,18H2,1-2H3,(H,36,37)(H,30,31,35)/t21-/m1/s1. The third-order valence-corrected chi connectivity index (χ3v) is 7.61. The minimum absolute atomic E-state index is 0.0919. The van der Waals surface area contributed by atoms with Gasteiger partial charge in [-0.05, 0) is 69.8 Å². The number of imidazole rings is 1. The smallest absolute Gasteiger partial charge is 0.407 e. The van der Waals surface area contributed by atoms with Crippen LogP contribution < -0.4 is 10.1 Å². The lowest BCUT2D eigenvalue weighted by molar-refractivity contribution is 0.102. The average Bonchev–Trinajstić information content (AvgIpc) is 3.10. The van der Waals surface area contributed by atoms with Gasteiger partial charge in [0.1, 0.15) is 17.4 Å². The molecular formula is C28H36N6O4. The van der Waals surface area contributed by atoms with E-state index in [0.717, 1.165) is 68.7 Å². The number of pyridine rings is 1. The number of anilines is 1. The minimum Gasteiger partial charge on any atom is -0.488 e. The molecule has 5 rings (SSSR count). The zero-order valence-corrected chi connectivity index (χ0v) is 22.1. The highest BCUT2D eigenvalue weighted by atomic mass is 16.5. The molecule has 10 heteroatoms. The number of ether oxygens (including phenoxy) is 1. The summed E-state index contributed by atoms with van der Waals surface area (Å²) >= 11 is 0. The fourth-order valence-electron chi connectivity index (χ4n) is 5.54. The van der Waals surface area contributed by atoms with Crippen LogP contribution in [0.25, 0.3) is 11.0 Å². The molecule has 10 nitrogen and oxygen atoms in total. The Morgan fingerprint density at radius 3 is 2.68 bits per heavy atom. The number of hydrogen-bond acceptors (Lipinski definition) is 6. The fourth-order valence-corrected chi connectivity index (χ4v) is 5.54. The van der Waals surface area contributed by atoms with Crippen LogP contribution in [0.3, 0.4) is 0 Å². The molecule has 2 N–H and O–H groups in total. The third-order valence-electron chi connectivity index (χ3n) is 7.61. The number of likely N-dealkylation sites (tertiary alicyclic amines) is 2. The van der Waals surface area contributed by atoms with Crippen molar-refractivity contribution in [3.8, 4) is 5.75 Å². The maximum absolute atomic E-state index is 13.2. The molecule has 0 radical (unpaired) electrons. The van der Waals surface area contributed by atoms with E-state index >= 15 is 0 Å². The normalized spacial score (nSPS) is 19.3. The molecule has 2 fully saturated rings. The van der Waals surface area contributed by atoms with Crippen LogP contribution in [-0.2, 0) is 0 Å². The zero-order chi connectivity index (χ0) is 26.6. The molecule has 2 aliphatic rings. The summed E-state index contributed by atoms with van der Waals surface area (Å²) in [6.45, 7) is 7.87. The molecule has 0 unspecified atom stereocenters. The van der Waals surface area contributed by atoms with Gasteiger partial charge < -0.3 is 24.2 Å². The maximum Gasteiger partial charge on any atom is 0.407 e. The van der Waals surface area contributed by atoms with Crippen molar-refractivity contribution in [2.75, 3.05) is 38.0 Å². The van der Waals surface area contributed by atoms with E-state index in [1.807, 2.05) is 29.7 Å². The van der Waals surface area contributed by atoms with Gasteiger partial charge in [-0.2, -0.15) is 0 Å². The Morgan fingerprint density at radius 1 is 1.13 bits per heavy atom. The van der Waals surface area contributed by atoms with Gasteiger partial charge in [-0.15, -0.1) is 0 Å². The summed E-state index contributed by atoms with van der Waals surface area (Å²) in [4.78, 5) is 38.1. The molecule has 0 saturated carbocycles. The molecule has 4 heterocycles. The number of rotatable bonds is 6. The summed E-state index contributed by atoms with van der Waals surface area (Å²) in [5.41, 5.74) is 2.74. The van der Waals surface area contributed by atoms with Gasteiger partial charge in [0.15, 0.2) is 0 Å². The molecule has 0 bridgehead atoms. The Balaban J connectivity index is 1.54. The van der Waals surface area contributed by atoms with Crippen molar-refractivity contribution in [1.29, 1.82) is 0 Å². The molecule has 202 valence electrons. The van der Waals surface area contributed by atoms with Crippen LogP contribution in [0.1, 0.15) is 61.1 Å². The Kier molecular flexibility index (Phi) is 7.78. The van der Waals surface area contributed by atoms with Crippen LogP contribution in [0.15, 0.2) is 36.5 Å². The van der Waals surface area contributed by atoms with Gasteiger partial charge in [0.2, 0.25) is 5.95 Å². The third kappa shape index (κ3) is 5.60. The molecule has 1 aromatic carbocycles. The van der Waals surface area contributed by atoms with E-state index < -0.39 is 6.09 Å². The number of carbonyl (C=O) groups is 2. The number of carboxylic acid groups (broad SMARTS) is 1. The first-order valence-corrected chi connectivity index (χ1v) is 13.5. The van der Waals surface area contributed by atoms with Crippen LogP contribution in [0.5, 0.6) is 5.75 Å². The highest BCUT2D eigenvalue weighted by Crippen LogP contribution is 2.36. The maximum atomic E-state index is 13.2. The summed E-state index contributed by atoms with van der Waals surface area (Å²) in [5, 5.41) is 12.8. The summed E-state index contributed by atoms with van der Waals surface area (Å²) in [5.74, 6) is 0.829. The second-order valence-corrected chi connectivity index (χ2v) is 10.2. The predicted octanol–water partition coefficient (Wildman–Crippen LogP) is 4.56. The number of aromatic nitrogens is 3. The number of nitrogens with one attached hydrogen (secondary N) is 1. The first-order chi connectivity index (χ1) is 18.4. The number of hydrogen-bond donors (Lipinski definition) is 2. The molecule has 2 amide bonds. The Morgan fingerprint density at radius 2 is 1.95 bits per heavy atom. The number of amides is 2. The van der Waals surface area contributed by atoms with Crippen molar-refractivity contribution in [2.24, 2.45) is 0 Å². The molecule has 3 aromatic rings. The lowest BCUT2D eigenvalue weighted by Gasteiger charge is -2.31. The highest BCUT2D eigenvalue weighted by molar-refractivity contribution is 6.04. The van der Waals surface area contributed by atoms with Crippen molar-refractivity contribution < 1.29 is 19.4 Å². The summed E-state index contributed by atoms with van der Waals surface area (Å²) in [7, 11) is 0. The van der Waals surface area contributed by atoms with Gasteiger partial charge in [0, 0.05) is 43.6 Å². The van der Waals surface area contributed by atoms with E-state index in [0.29, 0.717) is 30.1 Å². The van der Waals surface area contributed by atoms with Crippen molar-refractivity contribution in [2.45, 2.75) is 58.1 Å². The summed E-state index contributed by atoms with van der Waals surface area (Å²) in [6, 6.07) is 9.00.